The Labute approximate surface area is 192 Å². The van der Waals surface area contributed by atoms with E-state index >= 15 is 0 Å². The van der Waals surface area contributed by atoms with E-state index in [1.165, 1.54) is 11.8 Å². The van der Waals surface area contributed by atoms with Crippen LogP contribution in [0, 0.1) is 0 Å². The fraction of sp³-hybridized carbons (Fsp3) is 0.348. The lowest BCUT2D eigenvalue weighted by Gasteiger charge is -2.18. The Kier molecular flexibility index (Phi) is 8.38. The summed E-state index contributed by atoms with van der Waals surface area (Å²) in [6.45, 7) is 8.08. The molecule has 0 aliphatic rings. The first kappa shape index (κ1) is 23.5. The highest BCUT2D eigenvalue weighted by Gasteiger charge is 2.16. The van der Waals surface area contributed by atoms with E-state index in [4.69, 9.17) is 0 Å². The van der Waals surface area contributed by atoms with Crippen molar-refractivity contribution < 1.29 is 9.59 Å². The standard InChI is InChI=1S/C23H28N6O2S/c1-4-15-29-21(17-11-13-24-14-12-17)26-27-23(29)32-16-20(30)25-19-9-7-18(8-10-19)22(31)28(5-2)6-3/h7-14H,4-6,15-16H2,1-3H3,(H,25,30). The van der Waals surface area contributed by atoms with Crippen LogP contribution >= 0.6 is 11.8 Å². The van der Waals surface area contributed by atoms with Crippen LogP contribution in [0.3, 0.4) is 0 Å². The highest BCUT2D eigenvalue weighted by molar-refractivity contribution is 7.99. The molecule has 3 aromatic rings. The minimum absolute atomic E-state index is 0.0105. The van der Waals surface area contributed by atoms with Crippen molar-refractivity contribution in [3.05, 3.63) is 54.4 Å². The van der Waals surface area contributed by atoms with E-state index in [-0.39, 0.29) is 17.6 Å². The normalized spacial score (nSPS) is 10.7. The monoisotopic (exact) mass is 452 g/mol. The number of carbonyl (C=O) groups excluding carboxylic acids is 2. The SMILES string of the molecule is CCCn1c(SCC(=O)Nc2ccc(C(=O)N(CC)CC)cc2)nnc1-c1ccncc1. The second-order valence-corrected chi connectivity index (χ2v) is 8.03. The Morgan fingerprint density at radius 2 is 1.69 bits per heavy atom. The van der Waals surface area contributed by atoms with E-state index in [9.17, 15) is 9.59 Å². The van der Waals surface area contributed by atoms with Gasteiger partial charge < -0.3 is 14.8 Å². The van der Waals surface area contributed by atoms with Crippen molar-refractivity contribution in [2.24, 2.45) is 0 Å². The number of aromatic nitrogens is 4. The molecule has 1 aromatic carbocycles. The highest BCUT2D eigenvalue weighted by atomic mass is 32.2. The van der Waals surface area contributed by atoms with Gasteiger partial charge in [-0.25, -0.2) is 0 Å². The van der Waals surface area contributed by atoms with Crippen molar-refractivity contribution in [1.29, 1.82) is 0 Å². The number of rotatable bonds is 10. The highest BCUT2D eigenvalue weighted by Crippen LogP contribution is 2.24. The molecule has 8 nitrogen and oxygen atoms in total. The van der Waals surface area contributed by atoms with Gasteiger partial charge in [0.15, 0.2) is 11.0 Å². The van der Waals surface area contributed by atoms with Crippen molar-refractivity contribution in [1.82, 2.24) is 24.6 Å². The Hall–Kier alpha value is -3.20. The second kappa shape index (κ2) is 11.4. The van der Waals surface area contributed by atoms with E-state index < -0.39 is 0 Å². The average molecular weight is 453 g/mol. The van der Waals surface area contributed by atoms with Crippen molar-refractivity contribution in [2.75, 3.05) is 24.2 Å². The van der Waals surface area contributed by atoms with Crippen LogP contribution in [0.4, 0.5) is 5.69 Å². The van der Waals surface area contributed by atoms with Gasteiger partial charge in [-0.15, -0.1) is 10.2 Å². The Bertz CT molecular complexity index is 1030. The smallest absolute Gasteiger partial charge is 0.253 e. The summed E-state index contributed by atoms with van der Waals surface area (Å²) < 4.78 is 2.03. The number of thioether (sulfide) groups is 1. The largest absolute Gasteiger partial charge is 0.339 e. The van der Waals surface area contributed by atoms with Crippen molar-refractivity contribution in [2.45, 2.75) is 38.9 Å². The van der Waals surface area contributed by atoms with Crippen molar-refractivity contribution in [3.63, 3.8) is 0 Å². The summed E-state index contributed by atoms with van der Waals surface area (Å²) >= 11 is 1.35. The first-order valence-electron chi connectivity index (χ1n) is 10.7. The average Bonchev–Trinajstić information content (AvgIpc) is 3.22. The summed E-state index contributed by atoms with van der Waals surface area (Å²) in [4.78, 5) is 30.7. The molecule has 0 aliphatic carbocycles. The van der Waals surface area contributed by atoms with E-state index in [0.717, 1.165) is 24.4 Å². The van der Waals surface area contributed by atoms with Crippen LogP contribution in [-0.4, -0.2) is 55.3 Å². The second-order valence-electron chi connectivity index (χ2n) is 7.09. The summed E-state index contributed by atoms with van der Waals surface area (Å²) in [6, 6.07) is 10.8. The zero-order valence-corrected chi connectivity index (χ0v) is 19.4. The number of nitrogens with one attached hydrogen (secondary N) is 1. The predicted molar refractivity (Wildman–Crippen MR) is 127 cm³/mol. The fourth-order valence-corrected chi connectivity index (χ4v) is 4.02. The predicted octanol–water partition coefficient (Wildman–Crippen LogP) is 3.96. The molecule has 2 aromatic heterocycles. The maximum Gasteiger partial charge on any atom is 0.253 e. The summed E-state index contributed by atoms with van der Waals surface area (Å²) in [5, 5.41) is 12.2. The van der Waals surface area contributed by atoms with Crippen LogP contribution in [0.2, 0.25) is 0 Å². The quantitative estimate of drug-likeness (QED) is 0.468. The number of pyridine rings is 1. The Morgan fingerprint density at radius 3 is 2.31 bits per heavy atom. The number of anilines is 1. The van der Waals surface area contributed by atoms with E-state index in [1.807, 2.05) is 30.5 Å². The molecule has 168 valence electrons. The van der Waals surface area contributed by atoms with Crippen LogP contribution in [0.15, 0.2) is 53.9 Å². The minimum atomic E-state index is -0.144. The van der Waals surface area contributed by atoms with Gasteiger partial charge in [0, 0.05) is 48.8 Å². The molecule has 0 atom stereocenters. The molecule has 0 radical (unpaired) electrons. The van der Waals surface area contributed by atoms with Crippen LogP contribution in [-0.2, 0) is 11.3 Å². The van der Waals surface area contributed by atoms with Crippen molar-refractivity contribution in [3.8, 4) is 11.4 Å². The zero-order chi connectivity index (χ0) is 22.9. The minimum Gasteiger partial charge on any atom is -0.339 e. The number of benzene rings is 1. The van der Waals surface area contributed by atoms with Gasteiger partial charge in [0.25, 0.3) is 5.91 Å². The Morgan fingerprint density at radius 1 is 1.00 bits per heavy atom. The first-order chi connectivity index (χ1) is 15.6. The fourth-order valence-electron chi connectivity index (χ4n) is 3.25. The third kappa shape index (κ3) is 5.73. The third-order valence-electron chi connectivity index (χ3n) is 4.90. The summed E-state index contributed by atoms with van der Waals surface area (Å²) in [5.74, 6) is 0.821. The number of hydrogen-bond donors (Lipinski definition) is 1. The lowest BCUT2D eigenvalue weighted by atomic mass is 10.2. The van der Waals surface area contributed by atoms with Crippen molar-refractivity contribution >= 4 is 29.3 Å². The molecule has 0 unspecified atom stereocenters. The van der Waals surface area contributed by atoms with Gasteiger partial charge >= 0.3 is 0 Å². The molecular formula is C23H28N6O2S. The molecule has 2 amide bonds. The Balaban J connectivity index is 1.62. The third-order valence-corrected chi connectivity index (χ3v) is 5.87. The van der Waals surface area contributed by atoms with Gasteiger partial charge in [0.2, 0.25) is 5.91 Å². The molecular weight excluding hydrogens is 424 g/mol. The molecule has 0 saturated carbocycles. The maximum absolute atomic E-state index is 12.5. The zero-order valence-electron chi connectivity index (χ0n) is 18.6. The number of hydrogen-bond acceptors (Lipinski definition) is 6. The van der Waals surface area contributed by atoms with E-state index in [2.05, 4.69) is 27.4 Å². The molecule has 2 heterocycles. The summed E-state index contributed by atoms with van der Waals surface area (Å²) in [7, 11) is 0. The molecule has 1 N–H and O–H groups in total. The molecule has 9 heteroatoms. The number of nitrogens with zero attached hydrogens (tertiary/aromatic N) is 5. The number of carbonyl (C=O) groups is 2. The molecule has 0 aliphatic heterocycles. The molecule has 32 heavy (non-hydrogen) atoms. The molecule has 3 rings (SSSR count). The van der Waals surface area contributed by atoms with Gasteiger partial charge in [0.05, 0.1) is 5.75 Å². The van der Waals surface area contributed by atoms with Gasteiger partial charge in [-0.2, -0.15) is 0 Å². The van der Waals surface area contributed by atoms with Gasteiger partial charge in [-0.3, -0.25) is 14.6 Å². The van der Waals surface area contributed by atoms with Crippen LogP contribution in [0.1, 0.15) is 37.6 Å². The van der Waals surface area contributed by atoms with Gasteiger partial charge in [-0.1, -0.05) is 18.7 Å². The first-order valence-corrected chi connectivity index (χ1v) is 11.7. The molecule has 0 spiro atoms. The lowest BCUT2D eigenvalue weighted by Crippen LogP contribution is -2.30. The van der Waals surface area contributed by atoms with Crippen LogP contribution in [0.5, 0.6) is 0 Å². The molecule has 0 bridgehead atoms. The van der Waals surface area contributed by atoms with Gasteiger partial charge in [0.1, 0.15) is 0 Å². The lowest BCUT2D eigenvalue weighted by molar-refractivity contribution is -0.113. The maximum atomic E-state index is 12.5. The topological polar surface area (TPSA) is 93.0 Å². The summed E-state index contributed by atoms with van der Waals surface area (Å²) in [5.41, 5.74) is 2.20. The molecule has 0 saturated heterocycles. The van der Waals surface area contributed by atoms with E-state index in [0.29, 0.717) is 29.5 Å². The molecule has 0 fully saturated rings. The van der Waals surface area contributed by atoms with E-state index in [1.54, 1.807) is 41.6 Å². The van der Waals surface area contributed by atoms with Gasteiger partial charge in [-0.05, 0) is 56.7 Å². The number of amides is 2. The van der Waals surface area contributed by atoms with Crippen LogP contribution in [0.25, 0.3) is 11.4 Å². The summed E-state index contributed by atoms with van der Waals surface area (Å²) in [6.07, 6.45) is 4.37. The van der Waals surface area contributed by atoms with Crippen LogP contribution < -0.4 is 5.32 Å².